The lowest BCUT2D eigenvalue weighted by molar-refractivity contribution is -0.387. The Morgan fingerprint density at radius 3 is 2.44 bits per heavy atom. The van der Waals surface area contributed by atoms with E-state index in [-0.39, 0.29) is 17.4 Å². The van der Waals surface area contributed by atoms with Gasteiger partial charge in [-0.15, -0.1) is 0 Å². The van der Waals surface area contributed by atoms with Crippen LogP contribution in [0.25, 0.3) is 6.08 Å². The molecule has 1 aliphatic rings. The van der Waals surface area contributed by atoms with E-state index in [1.54, 1.807) is 6.08 Å². The van der Waals surface area contributed by atoms with Crippen LogP contribution < -0.4 is 8.92 Å². The number of carbonyl (C=O) groups excluding carboxylic acids is 1. The zero-order chi connectivity index (χ0) is 25.9. The summed E-state index contributed by atoms with van der Waals surface area (Å²) >= 11 is 6.54. The highest BCUT2D eigenvalue weighted by Gasteiger charge is 2.32. The molecule has 0 spiro atoms. The largest absolute Gasteiger partial charge is 0.493 e. The van der Waals surface area contributed by atoms with Gasteiger partial charge in [0.05, 0.1) is 23.5 Å². The zero-order valence-corrected chi connectivity index (χ0v) is 21.1. The third kappa shape index (κ3) is 5.40. The average molecular weight is 543 g/mol. The van der Waals surface area contributed by atoms with Crippen molar-refractivity contribution in [3.63, 3.8) is 0 Å². The van der Waals surface area contributed by atoms with Crippen molar-refractivity contribution in [1.29, 1.82) is 0 Å². The summed E-state index contributed by atoms with van der Waals surface area (Å²) in [5.74, 6) is -0.345. The molecular weight excluding hydrogens is 524 g/mol. The molecule has 36 heavy (non-hydrogen) atoms. The fourth-order valence-corrected chi connectivity index (χ4v) is 5.74. The lowest BCUT2D eigenvalue weighted by atomic mass is 10.1. The SMILES string of the molecule is COc1cc(/C=C2\SC(=S)N(Cc3ccccc3)C2=O)ccc1OS(=O)(=O)c1ccccc1[N+](=O)[O-]. The van der Waals surface area contributed by atoms with E-state index in [1.807, 2.05) is 30.3 Å². The minimum atomic E-state index is -4.53. The van der Waals surface area contributed by atoms with Gasteiger partial charge in [0, 0.05) is 6.07 Å². The number of carbonyl (C=O) groups is 1. The number of nitrogens with zero attached hydrogens (tertiary/aromatic N) is 2. The first-order chi connectivity index (χ1) is 17.2. The van der Waals surface area contributed by atoms with Gasteiger partial charge in [-0.25, -0.2) is 0 Å². The molecule has 1 fully saturated rings. The van der Waals surface area contributed by atoms with Gasteiger partial charge in [0.2, 0.25) is 0 Å². The summed E-state index contributed by atoms with van der Waals surface area (Å²) in [6.45, 7) is 0.350. The molecule has 0 radical (unpaired) electrons. The predicted octanol–water partition coefficient (Wildman–Crippen LogP) is 4.77. The number of nitro groups is 1. The Bertz CT molecular complexity index is 1490. The lowest BCUT2D eigenvalue weighted by Gasteiger charge is -2.14. The summed E-state index contributed by atoms with van der Waals surface area (Å²) in [6.07, 6.45) is 1.62. The van der Waals surface area contributed by atoms with E-state index in [0.29, 0.717) is 21.3 Å². The second-order valence-electron chi connectivity index (χ2n) is 7.43. The Morgan fingerprint density at radius 2 is 1.75 bits per heavy atom. The minimum Gasteiger partial charge on any atom is -0.493 e. The minimum absolute atomic E-state index is 0.0608. The van der Waals surface area contributed by atoms with Gasteiger partial charge >= 0.3 is 10.1 Å². The maximum absolute atomic E-state index is 12.9. The summed E-state index contributed by atoms with van der Waals surface area (Å²) in [5.41, 5.74) is 0.881. The fourth-order valence-electron chi connectivity index (χ4n) is 3.38. The fraction of sp³-hybridized carbons (Fsp3) is 0.0833. The van der Waals surface area contributed by atoms with E-state index in [1.165, 1.54) is 42.3 Å². The number of amides is 1. The quantitative estimate of drug-likeness (QED) is 0.130. The summed E-state index contributed by atoms with van der Waals surface area (Å²) in [7, 11) is -3.21. The lowest BCUT2D eigenvalue weighted by Crippen LogP contribution is -2.27. The number of nitro benzene ring substituents is 1. The monoisotopic (exact) mass is 542 g/mol. The molecule has 0 N–H and O–H groups in total. The zero-order valence-electron chi connectivity index (χ0n) is 18.7. The van der Waals surface area contributed by atoms with Crippen LogP contribution in [0.3, 0.4) is 0 Å². The van der Waals surface area contributed by atoms with Crippen LogP contribution in [0.15, 0.2) is 82.6 Å². The summed E-state index contributed by atoms with van der Waals surface area (Å²) in [6, 6.07) is 18.7. The predicted molar refractivity (Wildman–Crippen MR) is 139 cm³/mol. The topological polar surface area (TPSA) is 116 Å². The Hall–Kier alpha value is -3.74. The number of hydrogen-bond acceptors (Lipinski definition) is 9. The van der Waals surface area contributed by atoms with E-state index in [9.17, 15) is 23.3 Å². The molecule has 4 rings (SSSR count). The van der Waals surface area contributed by atoms with E-state index in [2.05, 4.69) is 0 Å². The molecule has 9 nitrogen and oxygen atoms in total. The molecule has 0 unspecified atom stereocenters. The van der Waals surface area contributed by atoms with Crippen LogP contribution in [-0.2, 0) is 21.5 Å². The van der Waals surface area contributed by atoms with Gasteiger partial charge < -0.3 is 8.92 Å². The molecule has 12 heteroatoms. The standard InChI is InChI=1S/C24H18N2O7S3/c1-32-20-13-17(14-21-23(27)25(24(34)35-21)15-16-7-3-2-4-8-16)11-12-19(20)33-36(30,31)22-10-6-5-9-18(22)26(28)29/h2-14H,15H2,1H3/b21-14-. The summed E-state index contributed by atoms with van der Waals surface area (Å²) in [4.78, 5) is 24.7. The van der Waals surface area contributed by atoms with E-state index in [0.717, 1.165) is 29.5 Å². The van der Waals surface area contributed by atoms with Crippen LogP contribution in [-0.4, -0.2) is 35.6 Å². The second kappa shape index (κ2) is 10.5. The molecular formula is C24H18N2O7S3. The van der Waals surface area contributed by atoms with Gasteiger partial charge in [0.1, 0.15) is 4.32 Å². The highest BCUT2D eigenvalue weighted by Crippen LogP contribution is 2.36. The third-order valence-electron chi connectivity index (χ3n) is 5.07. The van der Waals surface area contributed by atoms with Crippen molar-refractivity contribution in [1.82, 2.24) is 4.90 Å². The Balaban J connectivity index is 1.58. The van der Waals surface area contributed by atoms with Crippen molar-refractivity contribution in [2.45, 2.75) is 11.4 Å². The first-order valence-corrected chi connectivity index (χ1v) is 13.0. The van der Waals surface area contributed by atoms with Crippen LogP contribution in [0.1, 0.15) is 11.1 Å². The van der Waals surface area contributed by atoms with Gasteiger partial charge in [0.25, 0.3) is 11.6 Å². The molecule has 1 saturated heterocycles. The van der Waals surface area contributed by atoms with Gasteiger partial charge in [-0.3, -0.25) is 19.8 Å². The van der Waals surface area contributed by atoms with Crippen LogP contribution in [0.4, 0.5) is 5.69 Å². The number of para-hydroxylation sites is 1. The van der Waals surface area contributed by atoms with Gasteiger partial charge in [-0.1, -0.05) is 72.5 Å². The molecule has 1 heterocycles. The van der Waals surface area contributed by atoms with Crippen LogP contribution in [0.2, 0.25) is 0 Å². The summed E-state index contributed by atoms with van der Waals surface area (Å²) < 4.78 is 36.4. The van der Waals surface area contributed by atoms with Gasteiger partial charge in [-0.2, -0.15) is 8.42 Å². The third-order valence-corrected chi connectivity index (χ3v) is 7.73. The Morgan fingerprint density at radius 1 is 1.06 bits per heavy atom. The summed E-state index contributed by atoms with van der Waals surface area (Å²) in [5, 5.41) is 11.2. The number of thioether (sulfide) groups is 1. The molecule has 0 aromatic heterocycles. The Kier molecular flexibility index (Phi) is 7.38. The van der Waals surface area contributed by atoms with E-state index < -0.39 is 25.6 Å². The van der Waals surface area contributed by atoms with Crippen molar-refractivity contribution in [3.05, 3.63) is 98.9 Å². The van der Waals surface area contributed by atoms with Crippen molar-refractivity contribution >= 4 is 56.1 Å². The number of hydrogen-bond donors (Lipinski definition) is 0. The number of methoxy groups -OCH3 is 1. The molecule has 3 aromatic rings. The number of benzene rings is 3. The van der Waals surface area contributed by atoms with Crippen molar-refractivity contribution in [3.8, 4) is 11.5 Å². The van der Waals surface area contributed by atoms with Gasteiger partial charge in [0.15, 0.2) is 16.4 Å². The van der Waals surface area contributed by atoms with Crippen LogP contribution in [0.5, 0.6) is 11.5 Å². The molecule has 3 aromatic carbocycles. The van der Waals surface area contributed by atoms with E-state index >= 15 is 0 Å². The number of ether oxygens (including phenoxy) is 1. The highest BCUT2D eigenvalue weighted by molar-refractivity contribution is 8.26. The number of rotatable bonds is 8. The molecule has 0 saturated carbocycles. The van der Waals surface area contributed by atoms with Crippen molar-refractivity contribution in [2.24, 2.45) is 0 Å². The maximum atomic E-state index is 12.9. The molecule has 1 aliphatic heterocycles. The average Bonchev–Trinajstić information content (AvgIpc) is 3.12. The van der Waals surface area contributed by atoms with Gasteiger partial charge in [-0.05, 0) is 35.4 Å². The smallest absolute Gasteiger partial charge is 0.346 e. The first kappa shape index (κ1) is 25.4. The van der Waals surface area contributed by atoms with Crippen LogP contribution >= 0.6 is 24.0 Å². The highest BCUT2D eigenvalue weighted by atomic mass is 32.2. The van der Waals surface area contributed by atoms with E-state index in [4.69, 9.17) is 21.1 Å². The molecule has 0 aliphatic carbocycles. The molecule has 0 bridgehead atoms. The normalized spacial score (nSPS) is 14.8. The van der Waals surface area contributed by atoms with Crippen molar-refractivity contribution < 1.29 is 27.1 Å². The number of thiocarbonyl (C=S) groups is 1. The second-order valence-corrected chi connectivity index (χ2v) is 10.6. The molecule has 1 amide bonds. The first-order valence-electron chi connectivity index (χ1n) is 10.3. The molecule has 0 atom stereocenters. The van der Waals surface area contributed by atoms with Crippen molar-refractivity contribution in [2.75, 3.05) is 7.11 Å². The van der Waals surface area contributed by atoms with Crippen LogP contribution in [0, 0.1) is 10.1 Å². The maximum Gasteiger partial charge on any atom is 0.346 e. The molecule has 184 valence electrons. The Labute approximate surface area is 216 Å².